The van der Waals surface area contributed by atoms with Crippen LogP contribution in [0, 0.1) is 5.41 Å². The summed E-state index contributed by atoms with van der Waals surface area (Å²) in [5.74, 6) is 0. The van der Waals surface area contributed by atoms with Gasteiger partial charge in [0.15, 0.2) is 0 Å². The Morgan fingerprint density at radius 1 is 1.36 bits per heavy atom. The molecule has 78 valence electrons. The van der Waals surface area contributed by atoms with Crippen LogP contribution in [-0.2, 0) is 6.42 Å². The second-order valence-electron chi connectivity index (χ2n) is 4.45. The first-order valence-electron chi connectivity index (χ1n) is 4.89. The summed E-state index contributed by atoms with van der Waals surface area (Å²) < 4.78 is 1.12. The number of rotatable bonds is 4. The Morgan fingerprint density at radius 2 is 2.07 bits per heavy atom. The zero-order valence-electron chi connectivity index (χ0n) is 8.76. The molecule has 0 atom stereocenters. The summed E-state index contributed by atoms with van der Waals surface area (Å²) in [6.07, 6.45) is 2.03. The number of hydrogen-bond acceptors (Lipinski definition) is 1. The van der Waals surface area contributed by atoms with Gasteiger partial charge in [0.2, 0.25) is 0 Å². The first-order chi connectivity index (χ1) is 6.53. The van der Waals surface area contributed by atoms with E-state index in [4.69, 9.17) is 5.11 Å². The summed E-state index contributed by atoms with van der Waals surface area (Å²) in [6.45, 7) is 4.43. The lowest BCUT2D eigenvalue weighted by molar-refractivity contribution is 0.151. The van der Waals surface area contributed by atoms with Crippen molar-refractivity contribution in [2.45, 2.75) is 26.7 Å². The Bertz CT molecular complexity index is 294. The Kier molecular flexibility index (Phi) is 4.14. The molecule has 0 aliphatic carbocycles. The second kappa shape index (κ2) is 4.94. The molecular weight excluding hydrogens is 240 g/mol. The van der Waals surface area contributed by atoms with Crippen LogP contribution < -0.4 is 0 Å². The van der Waals surface area contributed by atoms with Crippen molar-refractivity contribution in [1.29, 1.82) is 0 Å². The van der Waals surface area contributed by atoms with Gasteiger partial charge in [-0.15, -0.1) is 0 Å². The molecule has 0 saturated heterocycles. The molecule has 1 N–H and O–H groups in total. The molecule has 0 heterocycles. The van der Waals surface area contributed by atoms with Gasteiger partial charge in [0.25, 0.3) is 0 Å². The van der Waals surface area contributed by atoms with E-state index in [9.17, 15) is 0 Å². The minimum absolute atomic E-state index is 0.0301. The van der Waals surface area contributed by atoms with Crippen LogP contribution in [-0.4, -0.2) is 11.7 Å². The van der Waals surface area contributed by atoms with E-state index in [1.54, 1.807) is 0 Å². The average molecular weight is 257 g/mol. The molecule has 0 bridgehead atoms. The molecule has 1 nitrogen and oxygen atoms in total. The molecule has 0 fully saturated rings. The monoisotopic (exact) mass is 256 g/mol. The van der Waals surface area contributed by atoms with Crippen LogP contribution in [0.25, 0.3) is 0 Å². The Morgan fingerprint density at radius 3 is 2.64 bits per heavy atom. The molecule has 1 rings (SSSR count). The molecule has 0 unspecified atom stereocenters. The van der Waals surface area contributed by atoms with E-state index >= 15 is 0 Å². The summed E-state index contributed by atoms with van der Waals surface area (Å²) in [4.78, 5) is 0. The average Bonchev–Trinajstić information content (AvgIpc) is 2.15. The zero-order valence-corrected chi connectivity index (χ0v) is 10.3. The number of aliphatic hydroxyl groups excluding tert-OH is 1. The van der Waals surface area contributed by atoms with Crippen LogP contribution in [0.3, 0.4) is 0 Å². The quantitative estimate of drug-likeness (QED) is 0.876. The standard InChI is InChI=1S/C12H17BrO/c1-12(2,9-14)7-6-10-4-3-5-11(13)8-10/h3-5,8,14H,6-7,9H2,1-2H3. The summed E-state index contributed by atoms with van der Waals surface area (Å²) >= 11 is 3.45. The smallest absolute Gasteiger partial charge is 0.0482 e. The van der Waals surface area contributed by atoms with Crippen molar-refractivity contribution in [2.75, 3.05) is 6.61 Å². The van der Waals surface area contributed by atoms with Gasteiger partial charge in [-0.25, -0.2) is 0 Å². The maximum atomic E-state index is 9.12. The summed E-state index contributed by atoms with van der Waals surface area (Å²) in [7, 11) is 0. The van der Waals surface area contributed by atoms with E-state index in [2.05, 4.69) is 41.9 Å². The lowest BCUT2D eigenvalue weighted by Gasteiger charge is -2.21. The van der Waals surface area contributed by atoms with Gasteiger partial charge < -0.3 is 5.11 Å². The molecule has 0 spiro atoms. The first kappa shape index (κ1) is 11.7. The third-order valence-electron chi connectivity index (χ3n) is 2.41. The van der Waals surface area contributed by atoms with E-state index in [-0.39, 0.29) is 12.0 Å². The molecule has 0 amide bonds. The second-order valence-corrected chi connectivity index (χ2v) is 5.37. The third-order valence-corrected chi connectivity index (χ3v) is 2.90. The molecular formula is C12H17BrO. The number of aryl methyl sites for hydroxylation is 1. The van der Waals surface area contributed by atoms with Gasteiger partial charge in [-0.3, -0.25) is 0 Å². The highest BCUT2D eigenvalue weighted by molar-refractivity contribution is 9.10. The molecule has 0 saturated carbocycles. The lowest BCUT2D eigenvalue weighted by Crippen LogP contribution is -2.17. The van der Waals surface area contributed by atoms with Gasteiger partial charge in [-0.2, -0.15) is 0 Å². The largest absolute Gasteiger partial charge is 0.396 e. The van der Waals surface area contributed by atoms with Crippen molar-refractivity contribution in [2.24, 2.45) is 5.41 Å². The van der Waals surface area contributed by atoms with Gasteiger partial charge in [0, 0.05) is 11.1 Å². The minimum Gasteiger partial charge on any atom is -0.396 e. The molecule has 0 aromatic heterocycles. The van der Waals surface area contributed by atoms with E-state index in [0.29, 0.717) is 0 Å². The SMILES string of the molecule is CC(C)(CO)CCc1cccc(Br)c1. The molecule has 2 heteroatoms. The van der Waals surface area contributed by atoms with Gasteiger partial charge in [-0.1, -0.05) is 41.9 Å². The highest BCUT2D eigenvalue weighted by atomic mass is 79.9. The number of halogens is 1. The van der Waals surface area contributed by atoms with E-state index in [0.717, 1.165) is 17.3 Å². The van der Waals surface area contributed by atoms with Crippen LogP contribution >= 0.6 is 15.9 Å². The van der Waals surface area contributed by atoms with E-state index in [1.807, 2.05) is 12.1 Å². The topological polar surface area (TPSA) is 20.2 Å². The predicted octanol–water partition coefficient (Wildman–Crippen LogP) is 3.40. The molecule has 14 heavy (non-hydrogen) atoms. The highest BCUT2D eigenvalue weighted by Gasteiger charge is 2.15. The fraction of sp³-hybridized carbons (Fsp3) is 0.500. The number of benzene rings is 1. The highest BCUT2D eigenvalue weighted by Crippen LogP contribution is 2.22. The maximum Gasteiger partial charge on any atom is 0.0482 e. The van der Waals surface area contributed by atoms with Crippen LogP contribution in [0.4, 0.5) is 0 Å². The minimum atomic E-state index is 0.0301. The zero-order chi connectivity index (χ0) is 10.6. The van der Waals surface area contributed by atoms with Crippen molar-refractivity contribution in [3.05, 3.63) is 34.3 Å². The number of aliphatic hydroxyl groups is 1. The van der Waals surface area contributed by atoms with Crippen LogP contribution in [0.5, 0.6) is 0 Å². The van der Waals surface area contributed by atoms with Crippen molar-refractivity contribution in [3.63, 3.8) is 0 Å². The van der Waals surface area contributed by atoms with Crippen LogP contribution in [0.15, 0.2) is 28.7 Å². The number of hydrogen-bond donors (Lipinski definition) is 1. The van der Waals surface area contributed by atoms with E-state index in [1.165, 1.54) is 5.56 Å². The fourth-order valence-electron chi connectivity index (χ4n) is 1.25. The summed E-state index contributed by atoms with van der Waals surface area (Å²) in [6, 6.07) is 8.33. The van der Waals surface area contributed by atoms with Crippen LogP contribution in [0.2, 0.25) is 0 Å². The molecule has 0 radical (unpaired) electrons. The Balaban J connectivity index is 2.54. The van der Waals surface area contributed by atoms with Crippen molar-refractivity contribution in [1.82, 2.24) is 0 Å². The fourth-order valence-corrected chi connectivity index (χ4v) is 1.70. The third kappa shape index (κ3) is 3.81. The van der Waals surface area contributed by atoms with Crippen LogP contribution in [0.1, 0.15) is 25.8 Å². The van der Waals surface area contributed by atoms with Crippen molar-refractivity contribution < 1.29 is 5.11 Å². The molecule has 1 aromatic rings. The lowest BCUT2D eigenvalue weighted by atomic mass is 9.87. The maximum absolute atomic E-state index is 9.12. The first-order valence-corrected chi connectivity index (χ1v) is 5.68. The van der Waals surface area contributed by atoms with Gasteiger partial charge in [0.05, 0.1) is 0 Å². The summed E-state index contributed by atoms with van der Waals surface area (Å²) in [5, 5.41) is 9.12. The summed E-state index contributed by atoms with van der Waals surface area (Å²) in [5.41, 5.74) is 1.35. The van der Waals surface area contributed by atoms with Gasteiger partial charge >= 0.3 is 0 Å². The molecule has 0 aliphatic rings. The van der Waals surface area contributed by atoms with Crippen molar-refractivity contribution in [3.8, 4) is 0 Å². The normalized spacial score (nSPS) is 11.7. The van der Waals surface area contributed by atoms with Gasteiger partial charge in [0.1, 0.15) is 0 Å². The van der Waals surface area contributed by atoms with E-state index < -0.39 is 0 Å². The molecule has 0 aliphatic heterocycles. The predicted molar refractivity (Wildman–Crippen MR) is 63.3 cm³/mol. The Labute approximate surface area is 94.3 Å². The Hall–Kier alpha value is -0.340. The molecule has 1 aromatic carbocycles. The van der Waals surface area contributed by atoms with Gasteiger partial charge in [-0.05, 0) is 36.0 Å². The van der Waals surface area contributed by atoms with Crippen molar-refractivity contribution >= 4 is 15.9 Å².